The van der Waals surface area contributed by atoms with Crippen molar-refractivity contribution in [2.24, 2.45) is 0 Å². The van der Waals surface area contributed by atoms with Gasteiger partial charge < -0.3 is 89.9 Å². The van der Waals surface area contributed by atoms with Crippen molar-refractivity contribution in [1.82, 2.24) is 5.32 Å². The molecule has 0 bridgehead atoms. The van der Waals surface area contributed by atoms with E-state index >= 15 is 0 Å². The van der Waals surface area contributed by atoms with Gasteiger partial charge in [-0.05, 0) is 89.9 Å². The fourth-order valence-electron chi connectivity index (χ4n) is 14.0. The number of rotatable bonds is 68. The molecule has 12 N–H and O–H groups in total. The molecule has 620 valence electrons. The zero-order valence-electron chi connectivity index (χ0n) is 66.6. The lowest BCUT2D eigenvalue weighted by atomic mass is 9.96. The molecule has 3 heterocycles. The quantitative estimate of drug-likeness (QED) is 0.0199. The van der Waals surface area contributed by atoms with Gasteiger partial charge in [-0.2, -0.15) is 0 Å². The third kappa shape index (κ3) is 46.5. The van der Waals surface area contributed by atoms with E-state index in [1.165, 1.54) is 205 Å². The second-order valence-corrected chi connectivity index (χ2v) is 30.2. The summed E-state index contributed by atoms with van der Waals surface area (Å²) in [6.07, 6.45) is 65.5. The highest BCUT2D eigenvalue weighted by molar-refractivity contribution is 5.76. The average Bonchev–Trinajstić information content (AvgIpc) is 0.780. The van der Waals surface area contributed by atoms with Crippen LogP contribution in [0.25, 0.3) is 0 Å². The molecule has 3 saturated heterocycles. The Hall–Kier alpha value is -3.29. The van der Waals surface area contributed by atoms with Crippen molar-refractivity contribution < 1.29 is 89.4 Å². The molecule has 17 atom stereocenters. The first-order chi connectivity index (χ1) is 52.3. The Balaban J connectivity index is 1.37. The number of aliphatic hydroxyl groups excluding tert-OH is 11. The maximum atomic E-state index is 13.5. The van der Waals surface area contributed by atoms with Crippen molar-refractivity contribution in [3.05, 3.63) is 97.2 Å². The number of aliphatic hydroxyl groups is 11. The Labute approximate surface area is 647 Å². The van der Waals surface area contributed by atoms with Gasteiger partial charge in [0.2, 0.25) is 5.91 Å². The molecule has 107 heavy (non-hydrogen) atoms. The third-order valence-electron chi connectivity index (χ3n) is 20.8. The highest BCUT2D eigenvalue weighted by Crippen LogP contribution is 2.33. The molecule has 0 aromatic heterocycles. The Morgan fingerprint density at radius 1 is 0.346 bits per heavy atom. The van der Waals surface area contributed by atoms with E-state index in [1.807, 2.05) is 6.08 Å². The molecule has 3 aliphatic rings. The highest BCUT2D eigenvalue weighted by Gasteiger charge is 2.54. The first kappa shape index (κ1) is 97.9. The van der Waals surface area contributed by atoms with Crippen LogP contribution in [0.5, 0.6) is 0 Å². The number of hydrogen-bond donors (Lipinski definition) is 12. The van der Waals surface area contributed by atoms with Crippen molar-refractivity contribution in [2.45, 2.75) is 426 Å². The molecule has 0 aliphatic carbocycles. The lowest BCUT2D eigenvalue weighted by molar-refractivity contribution is -0.379. The summed E-state index contributed by atoms with van der Waals surface area (Å²) in [6, 6.07) is -1.00. The fraction of sp³-hybridized carbons (Fsp3) is 0.807. The molecule has 1 amide bonds. The molecule has 3 rings (SSSR count). The van der Waals surface area contributed by atoms with Gasteiger partial charge in [0.15, 0.2) is 18.9 Å². The summed E-state index contributed by atoms with van der Waals surface area (Å²) in [6.45, 7) is 1.63. The summed E-state index contributed by atoms with van der Waals surface area (Å²) in [5.41, 5.74) is 0. The Morgan fingerprint density at radius 2 is 0.654 bits per heavy atom. The van der Waals surface area contributed by atoms with Crippen LogP contribution in [0.4, 0.5) is 0 Å². The molecule has 19 nitrogen and oxygen atoms in total. The van der Waals surface area contributed by atoms with Crippen LogP contribution >= 0.6 is 0 Å². The zero-order chi connectivity index (χ0) is 77.4. The number of amides is 1. The Bertz CT molecular complexity index is 2310. The van der Waals surface area contributed by atoms with Crippen molar-refractivity contribution >= 4 is 5.91 Å². The van der Waals surface area contributed by atoms with E-state index in [0.717, 1.165) is 83.5 Å². The number of unbranched alkanes of at least 4 members (excludes halogenated alkanes) is 38. The lowest BCUT2D eigenvalue weighted by Crippen LogP contribution is -2.66. The highest BCUT2D eigenvalue weighted by atomic mass is 16.8. The summed E-state index contributed by atoms with van der Waals surface area (Å²) < 4.78 is 34.5. The minimum atomic E-state index is -1.99. The van der Waals surface area contributed by atoms with Crippen LogP contribution in [-0.4, -0.2) is 193 Å². The van der Waals surface area contributed by atoms with Crippen LogP contribution in [0.3, 0.4) is 0 Å². The first-order valence-electron chi connectivity index (χ1n) is 43.0. The maximum absolute atomic E-state index is 13.5. The molecule has 17 unspecified atom stereocenters. The summed E-state index contributed by atoms with van der Waals surface area (Å²) in [4.78, 5) is 13.5. The van der Waals surface area contributed by atoms with Crippen LogP contribution in [0.15, 0.2) is 97.2 Å². The van der Waals surface area contributed by atoms with E-state index in [4.69, 9.17) is 28.4 Å². The van der Waals surface area contributed by atoms with Gasteiger partial charge in [0, 0.05) is 6.42 Å². The second kappa shape index (κ2) is 67.2. The topological polar surface area (TPSA) is 307 Å². The number of carbonyl (C=O) groups excluding carboxylic acids is 1. The third-order valence-corrected chi connectivity index (χ3v) is 20.8. The standard InChI is InChI=1S/C88H155NO18/c1-3-5-7-9-11-13-15-17-19-21-23-25-27-29-31-33-35-37-39-41-43-45-47-49-51-53-55-57-59-61-63-65-72(93)71(89-76(94)66-64-62-60-58-56-54-52-50-48-46-44-42-40-38-36-34-32-30-28-26-24-22-20-18-16-14-12-10-8-6-4-2)70-102-86-82(100)79(97)84(74(68-91)104-86)107-88-83(101)80(98)85(75(69-92)105-88)106-87-81(99)78(96)77(95)73(67-90)103-87/h6,8,12,14,18,20,24,26,30,32,47,49,55,57,63,65,71-75,77-88,90-93,95-101H,3-5,7,9-11,13,15-17,19,21-23,25,27-29,31,33-46,48,50-54,56,58-62,64,66-70H2,1-2H3,(H,89,94)/b8-6-,14-12-,20-18-,26-24-,32-30-,49-47+,57-55+,65-63+. The van der Waals surface area contributed by atoms with E-state index in [9.17, 15) is 61.0 Å². The van der Waals surface area contributed by atoms with Gasteiger partial charge in [0.05, 0.1) is 38.6 Å². The number of carbonyl (C=O) groups is 1. The zero-order valence-corrected chi connectivity index (χ0v) is 66.6. The molecule has 0 aromatic rings. The van der Waals surface area contributed by atoms with Crippen LogP contribution < -0.4 is 5.32 Å². The molecule has 3 fully saturated rings. The predicted octanol–water partition coefficient (Wildman–Crippen LogP) is 15.5. The van der Waals surface area contributed by atoms with Crippen LogP contribution in [0, 0.1) is 0 Å². The maximum Gasteiger partial charge on any atom is 0.220 e. The molecule has 3 aliphatic heterocycles. The molecule has 19 heteroatoms. The Kier molecular flexibility index (Phi) is 61.5. The smallest absolute Gasteiger partial charge is 0.220 e. The van der Waals surface area contributed by atoms with Gasteiger partial charge in [-0.25, -0.2) is 0 Å². The van der Waals surface area contributed by atoms with Gasteiger partial charge in [0.25, 0.3) is 0 Å². The van der Waals surface area contributed by atoms with E-state index in [-0.39, 0.29) is 18.9 Å². The normalized spacial score (nSPS) is 26.0. The molecule has 0 aromatic carbocycles. The minimum Gasteiger partial charge on any atom is -0.394 e. The summed E-state index contributed by atoms with van der Waals surface area (Å²) in [5, 5.41) is 121. The van der Waals surface area contributed by atoms with E-state index in [2.05, 4.69) is 104 Å². The SMILES string of the molecule is CC/C=C\C/C=C\C/C=C\C/C=C\C/C=C\CCCCCCCCCCCCCCCCCC(=O)NC(COC1OC(CO)C(OC2OC(CO)C(OC3OC(CO)C(O)C(O)C3O)C(O)C2O)C(O)C1O)C(O)/C=C/CC/C=C/CC/C=C/CCCCCCCCCCCCCCCCCCCCCCC. The molecular formula is C88H155NO18. The minimum absolute atomic E-state index is 0.227. The second-order valence-electron chi connectivity index (χ2n) is 30.2. The monoisotopic (exact) mass is 1510 g/mol. The van der Waals surface area contributed by atoms with Crippen molar-refractivity contribution in [1.29, 1.82) is 0 Å². The number of hydrogen-bond acceptors (Lipinski definition) is 18. The van der Waals surface area contributed by atoms with Gasteiger partial charge in [-0.1, -0.05) is 323 Å². The van der Waals surface area contributed by atoms with Gasteiger partial charge >= 0.3 is 0 Å². The van der Waals surface area contributed by atoms with Gasteiger partial charge in [0.1, 0.15) is 73.2 Å². The largest absolute Gasteiger partial charge is 0.394 e. The molecular weight excluding hydrogens is 1360 g/mol. The van der Waals surface area contributed by atoms with Crippen molar-refractivity contribution in [3.8, 4) is 0 Å². The lowest BCUT2D eigenvalue weighted by Gasteiger charge is -2.48. The van der Waals surface area contributed by atoms with Gasteiger partial charge in [-0.3, -0.25) is 4.79 Å². The first-order valence-corrected chi connectivity index (χ1v) is 43.0. The van der Waals surface area contributed by atoms with Crippen LogP contribution in [0.2, 0.25) is 0 Å². The summed E-state index contributed by atoms with van der Waals surface area (Å²) >= 11 is 0. The van der Waals surface area contributed by atoms with Crippen molar-refractivity contribution in [2.75, 3.05) is 26.4 Å². The molecule has 0 radical (unpaired) electrons. The Morgan fingerprint density at radius 3 is 1.05 bits per heavy atom. The van der Waals surface area contributed by atoms with E-state index < -0.39 is 124 Å². The van der Waals surface area contributed by atoms with Crippen LogP contribution in [0.1, 0.15) is 322 Å². The van der Waals surface area contributed by atoms with Gasteiger partial charge in [-0.15, -0.1) is 0 Å². The predicted molar refractivity (Wildman–Crippen MR) is 429 cm³/mol. The summed E-state index contributed by atoms with van der Waals surface area (Å²) in [7, 11) is 0. The van der Waals surface area contributed by atoms with Crippen LogP contribution in [-0.2, 0) is 33.2 Å². The number of nitrogens with one attached hydrogen (secondary N) is 1. The molecule has 0 spiro atoms. The molecule has 0 saturated carbocycles. The fourth-order valence-corrected chi connectivity index (χ4v) is 14.0. The van der Waals surface area contributed by atoms with E-state index in [1.54, 1.807) is 6.08 Å². The summed E-state index contributed by atoms with van der Waals surface area (Å²) in [5.74, 6) is -0.289. The number of ether oxygens (including phenoxy) is 6. The average molecular weight is 1520 g/mol. The van der Waals surface area contributed by atoms with E-state index in [0.29, 0.717) is 12.8 Å². The van der Waals surface area contributed by atoms with Crippen molar-refractivity contribution in [3.63, 3.8) is 0 Å². The number of allylic oxidation sites excluding steroid dienone is 15.